The van der Waals surface area contributed by atoms with Crippen LogP contribution in [0.3, 0.4) is 0 Å². The highest BCUT2D eigenvalue weighted by molar-refractivity contribution is 5.98. The molecular weight excluding hydrogens is 424 g/mol. The zero-order valence-electron chi connectivity index (χ0n) is 20.1. The number of nitrogens with zero attached hydrogens (tertiary/aromatic N) is 2. The van der Waals surface area contributed by atoms with Gasteiger partial charge in [-0.05, 0) is 48.8 Å². The Bertz CT molecular complexity index is 925. The Balaban J connectivity index is 1.20. The van der Waals surface area contributed by atoms with Crippen molar-refractivity contribution in [3.8, 4) is 0 Å². The molecule has 0 unspecified atom stereocenters. The van der Waals surface area contributed by atoms with Gasteiger partial charge in [-0.15, -0.1) is 0 Å². The summed E-state index contributed by atoms with van der Waals surface area (Å²) in [5, 5.41) is 0. The molecule has 180 valence electrons. The normalized spacial score (nSPS) is 22.8. The first kappa shape index (κ1) is 23.3. The van der Waals surface area contributed by atoms with E-state index in [1.165, 1.54) is 16.0 Å². The van der Waals surface area contributed by atoms with Gasteiger partial charge in [-0.1, -0.05) is 73.5 Å². The maximum Gasteiger partial charge on any atom is 0.229 e. The molecule has 2 amide bonds. The van der Waals surface area contributed by atoms with Gasteiger partial charge in [-0.2, -0.15) is 0 Å². The molecule has 2 heterocycles. The highest BCUT2D eigenvalue weighted by Gasteiger charge is 2.45. The van der Waals surface area contributed by atoms with E-state index in [9.17, 15) is 9.59 Å². The summed E-state index contributed by atoms with van der Waals surface area (Å²) in [6.45, 7) is 3.81. The van der Waals surface area contributed by atoms with Crippen molar-refractivity contribution in [1.82, 2.24) is 9.80 Å². The monoisotopic (exact) mass is 460 g/mol. The van der Waals surface area contributed by atoms with Gasteiger partial charge in [0, 0.05) is 32.5 Å². The fraction of sp³-hybridized carbons (Fsp3) is 0.517. The van der Waals surface area contributed by atoms with Crippen LogP contribution in [0.2, 0.25) is 0 Å². The first-order valence-corrected chi connectivity index (χ1v) is 12.9. The van der Waals surface area contributed by atoms with Crippen LogP contribution in [0.5, 0.6) is 0 Å². The molecular formula is C29H36N2O3. The lowest BCUT2D eigenvalue weighted by Gasteiger charge is -2.37. The fourth-order valence-electron chi connectivity index (χ4n) is 6.32. The van der Waals surface area contributed by atoms with E-state index < -0.39 is 5.60 Å². The second kappa shape index (κ2) is 10.0. The van der Waals surface area contributed by atoms with Gasteiger partial charge in [0.15, 0.2) is 0 Å². The molecule has 2 saturated heterocycles. The second-order valence-corrected chi connectivity index (χ2v) is 10.4. The van der Waals surface area contributed by atoms with Crippen molar-refractivity contribution in [2.75, 3.05) is 32.8 Å². The highest BCUT2D eigenvalue weighted by atomic mass is 16.5. The van der Waals surface area contributed by atoms with Crippen molar-refractivity contribution >= 4 is 11.8 Å². The first-order chi connectivity index (χ1) is 16.6. The molecule has 0 radical (unpaired) electrons. The summed E-state index contributed by atoms with van der Waals surface area (Å²) in [6.07, 6.45) is 7.20. The largest absolute Gasteiger partial charge is 0.364 e. The van der Waals surface area contributed by atoms with E-state index in [0.29, 0.717) is 26.0 Å². The van der Waals surface area contributed by atoms with Gasteiger partial charge in [0.25, 0.3) is 0 Å². The molecule has 2 aromatic carbocycles. The smallest absolute Gasteiger partial charge is 0.229 e. The minimum atomic E-state index is -0.453. The lowest BCUT2D eigenvalue weighted by molar-refractivity contribution is -0.153. The summed E-state index contributed by atoms with van der Waals surface area (Å²) < 4.78 is 6.62. The summed E-state index contributed by atoms with van der Waals surface area (Å²) in [7, 11) is 0. The van der Waals surface area contributed by atoms with Gasteiger partial charge in [-0.3, -0.25) is 14.5 Å². The van der Waals surface area contributed by atoms with Crippen molar-refractivity contribution in [2.45, 2.75) is 57.0 Å². The summed E-state index contributed by atoms with van der Waals surface area (Å²) in [6, 6.07) is 21.0. The van der Waals surface area contributed by atoms with Crippen molar-refractivity contribution in [2.24, 2.45) is 5.41 Å². The van der Waals surface area contributed by atoms with E-state index in [-0.39, 0.29) is 17.2 Å². The SMILES string of the molecule is O=C1CC2(CCCC2)CC(=O)N1CCCN1CCOC(c2ccccc2)(c2ccccc2)CC1. The van der Waals surface area contributed by atoms with Crippen molar-refractivity contribution in [3.05, 3.63) is 71.8 Å². The van der Waals surface area contributed by atoms with Crippen molar-refractivity contribution in [3.63, 3.8) is 0 Å². The topological polar surface area (TPSA) is 49.9 Å². The van der Waals surface area contributed by atoms with Gasteiger partial charge < -0.3 is 9.64 Å². The van der Waals surface area contributed by atoms with Crippen LogP contribution in [0, 0.1) is 5.41 Å². The zero-order chi connectivity index (χ0) is 23.4. The number of imide groups is 1. The summed E-state index contributed by atoms with van der Waals surface area (Å²) >= 11 is 0. The van der Waals surface area contributed by atoms with Gasteiger partial charge in [0.05, 0.1) is 6.61 Å². The quantitative estimate of drug-likeness (QED) is 0.584. The summed E-state index contributed by atoms with van der Waals surface area (Å²) in [4.78, 5) is 29.5. The third-order valence-electron chi connectivity index (χ3n) is 8.19. The van der Waals surface area contributed by atoms with Gasteiger partial charge in [0.2, 0.25) is 11.8 Å². The standard InChI is InChI=1S/C29H36N2O3/c32-26-22-28(14-7-8-15-28)23-27(33)31(26)18-9-17-30-19-16-29(34-21-20-30,24-10-3-1-4-11-24)25-12-5-2-6-13-25/h1-6,10-13H,7-9,14-23H2. The second-order valence-electron chi connectivity index (χ2n) is 10.4. The molecule has 0 aromatic heterocycles. The van der Waals surface area contributed by atoms with E-state index in [1.807, 2.05) is 12.1 Å². The number of rotatable bonds is 6. The van der Waals surface area contributed by atoms with E-state index in [1.54, 1.807) is 0 Å². The van der Waals surface area contributed by atoms with Crippen LogP contribution in [-0.4, -0.2) is 54.4 Å². The maximum atomic E-state index is 12.8. The van der Waals surface area contributed by atoms with Crippen molar-refractivity contribution < 1.29 is 14.3 Å². The molecule has 5 nitrogen and oxygen atoms in total. The minimum absolute atomic E-state index is 0.0228. The third-order valence-corrected chi connectivity index (χ3v) is 8.19. The zero-order valence-corrected chi connectivity index (χ0v) is 20.1. The Morgan fingerprint density at radius 1 is 0.735 bits per heavy atom. The number of likely N-dealkylation sites (tertiary alicyclic amines) is 1. The van der Waals surface area contributed by atoms with Crippen LogP contribution >= 0.6 is 0 Å². The molecule has 1 saturated carbocycles. The molecule has 34 heavy (non-hydrogen) atoms. The third kappa shape index (κ3) is 4.69. The van der Waals surface area contributed by atoms with Crippen LogP contribution in [0.4, 0.5) is 0 Å². The number of hydrogen-bond donors (Lipinski definition) is 0. The fourth-order valence-corrected chi connectivity index (χ4v) is 6.32. The molecule has 2 aliphatic heterocycles. The molecule has 1 spiro atoms. The lowest BCUT2D eigenvalue weighted by Crippen LogP contribution is -2.48. The number of amides is 2. The maximum absolute atomic E-state index is 12.8. The minimum Gasteiger partial charge on any atom is -0.364 e. The van der Waals surface area contributed by atoms with Crippen molar-refractivity contribution in [1.29, 1.82) is 0 Å². The number of carbonyl (C=O) groups is 2. The molecule has 5 heteroatoms. The van der Waals surface area contributed by atoms with Crippen LogP contribution < -0.4 is 0 Å². The Morgan fingerprint density at radius 3 is 1.91 bits per heavy atom. The number of carbonyl (C=O) groups excluding carboxylic acids is 2. The number of piperidine rings is 1. The molecule has 0 N–H and O–H groups in total. The van der Waals surface area contributed by atoms with Crippen LogP contribution in [0.15, 0.2) is 60.7 Å². The number of hydrogen-bond acceptors (Lipinski definition) is 4. The van der Waals surface area contributed by atoms with Crippen LogP contribution in [-0.2, 0) is 19.9 Å². The molecule has 0 bridgehead atoms. The molecule has 3 aliphatic rings. The Morgan fingerprint density at radius 2 is 1.32 bits per heavy atom. The first-order valence-electron chi connectivity index (χ1n) is 12.9. The summed E-state index contributed by atoms with van der Waals surface area (Å²) in [5.74, 6) is 0.0917. The van der Waals surface area contributed by atoms with Gasteiger partial charge in [-0.25, -0.2) is 0 Å². The van der Waals surface area contributed by atoms with E-state index in [0.717, 1.165) is 58.2 Å². The molecule has 5 rings (SSSR count). The van der Waals surface area contributed by atoms with E-state index >= 15 is 0 Å². The Labute approximate surface area is 203 Å². The molecule has 0 atom stereocenters. The average Bonchev–Trinajstić information content (AvgIpc) is 3.18. The van der Waals surface area contributed by atoms with E-state index in [2.05, 4.69) is 53.4 Å². The van der Waals surface area contributed by atoms with Crippen LogP contribution in [0.1, 0.15) is 62.5 Å². The predicted molar refractivity (Wildman–Crippen MR) is 132 cm³/mol. The average molecular weight is 461 g/mol. The Kier molecular flexibility index (Phi) is 6.84. The van der Waals surface area contributed by atoms with Crippen LogP contribution in [0.25, 0.3) is 0 Å². The highest BCUT2D eigenvalue weighted by Crippen LogP contribution is 2.47. The van der Waals surface area contributed by atoms with Gasteiger partial charge >= 0.3 is 0 Å². The number of benzene rings is 2. The molecule has 3 fully saturated rings. The number of ether oxygens (including phenoxy) is 1. The molecule has 1 aliphatic carbocycles. The summed E-state index contributed by atoms with van der Waals surface area (Å²) in [5.41, 5.74) is 1.90. The molecule has 2 aromatic rings. The Hall–Kier alpha value is -2.50. The predicted octanol–water partition coefficient (Wildman–Crippen LogP) is 4.75. The van der Waals surface area contributed by atoms with Gasteiger partial charge in [0.1, 0.15) is 5.60 Å². The van der Waals surface area contributed by atoms with E-state index in [4.69, 9.17) is 4.74 Å². The lowest BCUT2D eigenvalue weighted by atomic mass is 9.76.